The van der Waals surface area contributed by atoms with Crippen LogP contribution in [0.2, 0.25) is 6.55 Å². The van der Waals surface area contributed by atoms with Crippen molar-refractivity contribution < 1.29 is 27.9 Å². The van der Waals surface area contributed by atoms with Gasteiger partial charge < -0.3 is 14.2 Å². The maximum atomic E-state index is 6.62. The number of hydrogen-bond acceptors (Lipinski definition) is 3. The molecule has 0 amide bonds. The first-order valence-corrected chi connectivity index (χ1v) is 34.0. The SMILES string of the molecule is C1=CC(c2cccc3c2OC[N+](c2ccccc2)=C3)C=C1.C1=[N+](c2ccccc2)COc2c1cccc2[Si](c1ccccc1)(c1ccccc1)c1ccccc1.C[Si](c1ccccc1)(c1ccccc1)c1cccc2c1OC[N+](c1ccccc1)=C2. The number of nitrogens with zero attached hydrogens (tertiary/aromatic N) is 3. The van der Waals surface area contributed by atoms with E-state index in [0.717, 1.165) is 51.0 Å². The van der Waals surface area contributed by atoms with Crippen LogP contribution in [-0.4, -0.2) is 68.7 Å². The summed E-state index contributed by atoms with van der Waals surface area (Å²) >= 11 is 0. The molecule has 0 atom stereocenters. The summed E-state index contributed by atoms with van der Waals surface area (Å²) in [7, 11) is -4.87. The average Bonchev–Trinajstić information content (AvgIpc) is 0.877. The third kappa shape index (κ3) is 11.1. The highest BCUT2D eigenvalue weighted by Gasteiger charge is 2.45. The van der Waals surface area contributed by atoms with E-state index < -0.39 is 16.1 Å². The van der Waals surface area contributed by atoms with Crippen LogP contribution < -0.4 is 50.5 Å². The first kappa shape index (κ1) is 55.0. The quantitative estimate of drug-likeness (QED) is 0.0736. The summed E-state index contributed by atoms with van der Waals surface area (Å²) in [5.74, 6) is 3.34. The molecule has 0 spiro atoms. The van der Waals surface area contributed by atoms with Gasteiger partial charge in [0.1, 0.15) is 25.3 Å². The van der Waals surface area contributed by atoms with E-state index in [1.54, 1.807) is 0 Å². The van der Waals surface area contributed by atoms with Gasteiger partial charge in [-0.3, -0.25) is 0 Å². The molecule has 0 aromatic heterocycles. The summed E-state index contributed by atoms with van der Waals surface area (Å²) < 4.78 is 25.6. The van der Waals surface area contributed by atoms with Crippen molar-refractivity contribution >= 4 is 88.2 Å². The van der Waals surface area contributed by atoms with E-state index in [1.165, 1.54) is 41.9 Å². The summed E-state index contributed by atoms with van der Waals surface area (Å²) in [4.78, 5) is 0. The second kappa shape index (κ2) is 25.3. The fourth-order valence-corrected chi connectivity index (χ4v) is 21.1. The Morgan fingerprint density at radius 1 is 0.302 bits per heavy atom. The normalized spacial score (nSPS) is 13.8. The molecule has 1 aliphatic carbocycles. The topological polar surface area (TPSA) is 36.7 Å². The first-order chi connectivity index (χ1) is 42.6. The number of para-hydroxylation sites is 6. The van der Waals surface area contributed by atoms with E-state index in [2.05, 4.69) is 330 Å². The minimum Gasteiger partial charge on any atom is -0.435 e. The van der Waals surface area contributed by atoms with Gasteiger partial charge in [0.25, 0.3) is 20.2 Å². The number of benzene rings is 11. The van der Waals surface area contributed by atoms with Crippen LogP contribution in [0, 0.1) is 0 Å². The van der Waals surface area contributed by atoms with Gasteiger partial charge in [0.2, 0.25) is 17.1 Å². The zero-order valence-electron chi connectivity index (χ0n) is 48.1. The van der Waals surface area contributed by atoms with Crippen LogP contribution >= 0.6 is 0 Å². The number of allylic oxidation sites excluding steroid dienone is 4. The average molecular weight is 1150 g/mol. The van der Waals surface area contributed by atoms with E-state index in [1.807, 2.05) is 30.3 Å². The Morgan fingerprint density at radius 3 is 0.988 bits per heavy atom. The molecule has 0 bridgehead atoms. The molecule has 0 saturated heterocycles. The largest absolute Gasteiger partial charge is 0.435 e. The second-order valence-corrected chi connectivity index (χ2v) is 29.6. The molecule has 11 aromatic carbocycles. The molecule has 8 heteroatoms. The van der Waals surface area contributed by atoms with Crippen molar-refractivity contribution in [2.75, 3.05) is 20.2 Å². The van der Waals surface area contributed by atoms with Crippen molar-refractivity contribution in [2.24, 2.45) is 0 Å². The van der Waals surface area contributed by atoms with Gasteiger partial charge in [-0.2, -0.15) is 13.7 Å². The van der Waals surface area contributed by atoms with Crippen LogP contribution in [0.3, 0.4) is 0 Å². The molecule has 11 aromatic rings. The predicted octanol–water partition coefficient (Wildman–Crippen LogP) is 12.1. The predicted molar refractivity (Wildman–Crippen MR) is 358 cm³/mol. The second-order valence-electron chi connectivity index (χ2n) is 21.8. The highest BCUT2D eigenvalue weighted by atomic mass is 28.3. The monoisotopic (exact) mass is 1150 g/mol. The van der Waals surface area contributed by atoms with Crippen molar-refractivity contribution in [3.8, 4) is 17.2 Å². The Hall–Kier alpha value is -10.3. The van der Waals surface area contributed by atoms with E-state index >= 15 is 0 Å². The molecule has 0 fully saturated rings. The fourth-order valence-electron chi connectivity index (χ4n) is 12.4. The minimum atomic E-state index is -2.64. The standard InChI is InChI=1S/C32H26NOSi.C27H24NOSi.C19H16NO/c1-5-15-27(16-6-1)33-24-26-14-13-23-31(32(26)34-25-33)35(28-17-7-2-8-18-28,29-19-9-3-10-20-29)30-21-11-4-12-22-30;1-30(24-15-7-3-8-16-24,25-17-9-4-10-18-25)26-19-11-12-22-20-28(21-29-27(22)26)23-13-5-2-6-14-23;1-2-10-17(11-3-1)20-13-16-9-6-12-18(19(16)21-14-20)15-7-4-5-8-15/h1-24H,25H2;2-20H,21H2,1H3;1-13,15H,14H2/q3*+1. The summed E-state index contributed by atoms with van der Waals surface area (Å²) in [6, 6.07) is 105. The number of hydrogen-bond donors (Lipinski definition) is 0. The molecule has 4 aliphatic rings. The lowest BCUT2D eigenvalue weighted by atomic mass is 9.97. The summed E-state index contributed by atoms with van der Waals surface area (Å²) in [5.41, 5.74) is 8.03. The summed E-state index contributed by atoms with van der Waals surface area (Å²) in [5, 5.41) is 9.42. The van der Waals surface area contributed by atoms with Crippen molar-refractivity contribution in [3.63, 3.8) is 0 Å². The van der Waals surface area contributed by atoms with Gasteiger partial charge in [-0.1, -0.05) is 274 Å². The van der Waals surface area contributed by atoms with Crippen molar-refractivity contribution in [2.45, 2.75) is 12.5 Å². The Morgan fingerprint density at radius 2 is 0.605 bits per heavy atom. The van der Waals surface area contributed by atoms with Gasteiger partial charge in [0.05, 0.1) is 16.7 Å². The maximum absolute atomic E-state index is 6.62. The van der Waals surface area contributed by atoms with E-state index in [4.69, 9.17) is 14.2 Å². The van der Waals surface area contributed by atoms with Crippen LogP contribution in [0.25, 0.3) is 0 Å². The van der Waals surface area contributed by atoms with E-state index in [0.29, 0.717) is 26.1 Å². The van der Waals surface area contributed by atoms with Gasteiger partial charge in [0, 0.05) is 47.9 Å². The maximum Gasteiger partial charge on any atom is 0.292 e. The van der Waals surface area contributed by atoms with Gasteiger partial charge in [0.15, 0.2) is 26.7 Å². The molecule has 0 radical (unpaired) electrons. The smallest absolute Gasteiger partial charge is 0.292 e. The summed E-state index contributed by atoms with van der Waals surface area (Å²) in [6.07, 6.45) is 15.2. The minimum absolute atomic E-state index is 0.330. The zero-order valence-corrected chi connectivity index (χ0v) is 50.1. The molecule has 0 N–H and O–H groups in total. The molecule has 15 rings (SSSR count). The lowest BCUT2D eigenvalue weighted by Gasteiger charge is -2.36. The molecule has 0 unspecified atom stereocenters. The molecule has 3 aliphatic heterocycles. The van der Waals surface area contributed by atoms with Crippen LogP contribution in [0.4, 0.5) is 17.1 Å². The highest BCUT2D eigenvalue weighted by molar-refractivity contribution is 7.20. The zero-order chi connectivity index (χ0) is 58.0. The summed E-state index contributed by atoms with van der Waals surface area (Å²) in [6.45, 7) is 3.98. The molecule has 86 heavy (non-hydrogen) atoms. The number of ether oxygens (including phenoxy) is 3. The molecular weight excluding hydrogens is 1080 g/mol. The Labute approximate surface area is 506 Å². The van der Waals surface area contributed by atoms with Crippen molar-refractivity contribution in [1.29, 1.82) is 0 Å². The van der Waals surface area contributed by atoms with E-state index in [-0.39, 0.29) is 0 Å². The lowest BCUT2D eigenvalue weighted by molar-refractivity contribution is -0.476. The first-order valence-electron chi connectivity index (χ1n) is 29.5. The Bertz CT molecular complexity index is 4130. The molecule has 6 nitrogen and oxygen atoms in total. The number of rotatable bonds is 11. The number of fused-ring (bicyclic) bond motifs is 3. The molecule has 416 valence electrons. The van der Waals surface area contributed by atoms with Crippen molar-refractivity contribution in [3.05, 3.63) is 344 Å². The van der Waals surface area contributed by atoms with Crippen molar-refractivity contribution in [1.82, 2.24) is 0 Å². The highest BCUT2D eigenvalue weighted by Crippen LogP contribution is 2.35. The van der Waals surface area contributed by atoms with E-state index in [9.17, 15) is 0 Å². The van der Waals surface area contributed by atoms with Crippen LogP contribution in [0.5, 0.6) is 17.2 Å². The Balaban J connectivity index is 0.000000123. The van der Waals surface area contributed by atoms with Crippen LogP contribution in [0.15, 0.2) is 322 Å². The fraction of sp³-hybridized carbons (Fsp3) is 0.0641. The van der Waals surface area contributed by atoms with Gasteiger partial charge in [-0.05, 0) is 54.5 Å². The molecule has 0 saturated carbocycles. The van der Waals surface area contributed by atoms with Gasteiger partial charge in [-0.25, -0.2) is 0 Å². The van der Waals surface area contributed by atoms with Gasteiger partial charge in [-0.15, -0.1) is 0 Å². The van der Waals surface area contributed by atoms with Crippen LogP contribution in [0.1, 0.15) is 28.2 Å². The van der Waals surface area contributed by atoms with Gasteiger partial charge >= 0.3 is 0 Å². The lowest BCUT2D eigenvalue weighted by Crippen LogP contribution is -2.75. The molecule has 3 heterocycles. The third-order valence-corrected chi connectivity index (χ3v) is 26.0. The van der Waals surface area contributed by atoms with Crippen LogP contribution in [-0.2, 0) is 0 Å². The molecular formula is C78H66N3O3Si2+3. The Kier molecular flexibility index (Phi) is 16.2. The third-order valence-electron chi connectivity index (χ3n) is 16.7.